The molecule has 6 nitrogen and oxygen atoms in total. The summed E-state index contributed by atoms with van der Waals surface area (Å²) in [6.07, 6.45) is 1.42. The number of rotatable bonds is 7. The van der Waals surface area contributed by atoms with Crippen LogP contribution in [0, 0.1) is 6.92 Å². The highest BCUT2D eigenvalue weighted by Crippen LogP contribution is 2.25. The van der Waals surface area contributed by atoms with Crippen molar-refractivity contribution in [2.45, 2.75) is 6.92 Å². The highest BCUT2D eigenvalue weighted by Gasteiger charge is 2.12. The number of esters is 1. The molecule has 0 aliphatic rings. The monoisotopic (exact) mass is 516 g/mol. The first-order chi connectivity index (χ1) is 16.5. The Morgan fingerprint density at radius 3 is 2.53 bits per heavy atom. The van der Waals surface area contributed by atoms with Crippen LogP contribution < -0.4 is 14.9 Å². The van der Waals surface area contributed by atoms with Gasteiger partial charge in [-0.05, 0) is 48.7 Å². The Labute approximate surface area is 205 Å². The van der Waals surface area contributed by atoms with E-state index in [-0.39, 0.29) is 6.61 Å². The van der Waals surface area contributed by atoms with Crippen LogP contribution in [0.1, 0.15) is 21.5 Å². The number of amides is 1. The van der Waals surface area contributed by atoms with Crippen LogP contribution in [0.5, 0.6) is 11.5 Å². The van der Waals surface area contributed by atoms with Crippen molar-refractivity contribution in [1.29, 1.82) is 0 Å². The molecule has 0 aromatic heterocycles. The van der Waals surface area contributed by atoms with Crippen LogP contribution in [-0.4, -0.2) is 24.7 Å². The third kappa shape index (κ3) is 5.88. The zero-order chi connectivity index (χ0) is 23.9. The summed E-state index contributed by atoms with van der Waals surface area (Å²) in [6.45, 7) is 1.75. The van der Waals surface area contributed by atoms with Crippen molar-refractivity contribution in [3.63, 3.8) is 0 Å². The lowest BCUT2D eigenvalue weighted by molar-refractivity contribution is -0.123. The summed E-state index contributed by atoms with van der Waals surface area (Å²) >= 11 is 3.40. The number of nitrogens with zero attached hydrogens (tertiary/aromatic N) is 1. The van der Waals surface area contributed by atoms with Crippen LogP contribution >= 0.6 is 15.9 Å². The molecule has 0 saturated carbocycles. The lowest BCUT2D eigenvalue weighted by atomic mass is 10.1. The maximum atomic E-state index is 12.5. The normalized spacial score (nSPS) is 10.9. The molecule has 4 aromatic rings. The zero-order valence-electron chi connectivity index (χ0n) is 18.3. The van der Waals surface area contributed by atoms with Crippen LogP contribution in [0.3, 0.4) is 0 Å². The fourth-order valence-electron chi connectivity index (χ4n) is 3.23. The Balaban J connectivity index is 1.39. The molecule has 0 atom stereocenters. The van der Waals surface area contributed by atoms with Crippen molar-refractivity contribution < 1.29 is 19.1 Å². The van der Waals surface area contributed by atoms with E-state index >= 15 is 0 Å². The van der Waals surface area contributed by atoms with Crippen molar-refractivity contribution in [3.8, 4) is 11.5 Å². The Morgan fingerprint density at radius 1 is 0.941 bits per heavy atom. The standard InChI is InChI=1S/C27H21BrN2O4/c1-18-9-11-20(12-10-18)27(32)34-24-14-13-22(28)15-21(24)16-29-30-26(31)17-33-25-8-4-6-19-5-2-3-7-23(19)25/h2-16H,17H2,1H3,(H,30,31)/b29-16-. The number of hydrogen-bond acceptors (Lipinski definition) is 5. The highest BCUT2D eigenvalue weighted by atomic mass is 79.9. The molecular formula is C27H21BrN2O4. The molecule has 0 spiro atoms. The Bertz CT molecular complexity index is 1360. The van der Waals surface area contributed by atoms with E-state index in [2.05, 4.69) is 26.5 Å². The first-order valence-electron chi connectivity index (χ1n) is 10.5. The van der Waals surface area contributed by atoms with E-state index in [1.807, 2.05) is 61.5 Å². The number of aryl methyl sites for hydroxylation is 1. The number of halogens is 1. The summed E-state index contributed by atoms with van der Waals surface area (Å²) in [5, 5.41) is 5.95. The molecule has 0 heterocycles. The number of hydrogen-bond donors (Lipinski definition) is 1. The number of benzene rings is 4. The van der Waals surface area contributed by atoms with E-state index in [9.17, 15) is 9.59 Å². The number of hydrazone groups is 1. The average molecular weight is 517 g/mol. The van der Waals surface area contributed by atoms with Gasteiger partial charge in [0.15, 0.2) is 6.61 Å². The number of carbonyl (C=O) groups is 2. The van der Waals surface area contributed by atoms with E-state index in [1.54, 1.807) is 30.3 Å². The number of nitrogens with one attached hydrogen (secondary N) is 1. The molecule has 0 bridgehead atoms. The first kappa shape index (κ1) is 23.2. The van der Waals surface area contributed by atoms with Gasteiger partial charge in [0.1, 0.15) is 11.5 Å². The fraction of sp³-hybridized carbons (Fsp3) is 0.0741. The minimum absolute atomic E-state index is 0.195. The maximum Gasteiger partial charge on any atom is 0.343 e. The fourth-order valence-corrected chi connectivity index (χ4v) is 3.61. The van der Waals surface area contributed by atoms with Gasteiger partial charge in [0.25, 0.3) is 5.91 Å². The molecule has 0 fully saturated rings. The summed E-state index contributed by atoms with van der Waals surface area (Å²) in [5.74, 6) is 0.0372. The zero-order valence-corrected chi connectivity index (χ0v) is 19.9. The van der Waals surface area contributed by atoms with Crippen molar-refractivity contribution in [2.24, 2.45) is 5.10 Å². The van der Waals surface area contributed by atoms with E-state index in [0.717, 1.165) is 20.8 Å². The predicted molar refractivity (Wildman–Crippen MR) is 135 cm³/mol. The molecule has 0 saturated heterocycles. The summed E-state index contributed by atoms with van der Waals surface area (Å²) in [5.41, 5.74) is 4.45. The lowest BCUT2D eigenvalue weighted by Crippen LogP contribution is -2.24. The molecule has 170 valence electrons. The Morgan fingerprint density at radius 2 is 1.71 bits per heavy atom. The van der Waals surface area contributed by atoms with E-state index < -0.39 is 11.9 Å². The molecule has 34 heavy (non-hydrogen) atoms. The summed E-state index contributed by atoms with van der Waals surface area (Å²) in [7, 11) is 0. The maximum absolute atomic E-state index is 12.5. The van der Waals surface area contributed by atoms with Gasteiger partial charge in [-0.1, -0.05) is 70.0 Å². The smallest absolute Gasteiger partial charge is 0.343 e. The van der Waals surface area contributed by atoms with Crippen molar-refractivity contribution in [3.05, 3.63) is 106 Å². The minimum atomic E-state index is -0.482. The Kier molecular flexibility index (Phi) is 7.34. The van der Waals surface area contributed by atoms with Gasteiger partial charge in [-0.3, -0.25) is 4.79 Å². The third-order valence-corrected chi connectivity index (χ3v) is 5.46. The SMILES string of the molecule is Cc1ccc(C(=O)Oc2ccc(Br)cc2/C=N\NC(=O)COc2cccc3ccccc23)cc1. The van der Waals surface area contributed by atoms with Gasteiger partial charge in [-0.15, -0.1) is 0 Å². The van der Waals surface area contributed by atoms with Gasteiger partial charge < -0.3 is 9.47 Å². The molecule has 0 aliphatic heterocycles. The number of fused-ring (bicyclic) bond motifs is 1. The molecule has 7 heteroatoms. The lowest BCUT2D eigenvalue weighted by Gasteiger charge is -2.09. The van der Waals surface area contributed by atoms with Gasteiger partial charge in [0, 0.05) is 15.4 Å². The number of ether oxygens (including phenoxy) is 2. The number of carbonyl (C=O) groups excluding carboxylic acids is 2. The van der Waals surface area contributed by atoms with Gasteiger partial charge in [0.05, 0.1) is 11.8 Å². The minimum Gasteiger partial charge on any atom is -0.483 e. The second kappa shape index (κ2) is 10.8. The topological polar surface area (TPSA) is 77.0 Å². The largest absolute Gasteiger partial charge is 0.483 e. The van der Waals surface area contributed by atoms with Crippen molar-refractivity contribution in [1.82, 2.24) is 5.43 Å². The molecular weight excluding hydrogens is 496 g/mol. The van der Waals surface area contributed by atoms with Crippen LogP contribution in [-0.2, 0) is 4.79 Å². The second-order valence-corrected chi connectivity index (χ2v) is 8.41. The summed E-state index contributed by atoms with van der Waals surface area (Å²) < 4.78 is 12.0. The van der Waals surface area contributed by atoms with Crippen LogP contribution in [0.4, 0.5) is 0 Å². The van der Waals surface area contributed by atoms with Crippen LogP contribution in [0.25, 0.3) is 10.8 Å². The van der Waals surface area contributed by atoms with Gasteiger partial charge >= 0.3 is 5.97 Å². The molecule has 4 aromatic carbocycles. The summed E-state index contributed by atoms with van der Waals surface area (Å²) in [4.78, 5) is 24.7. The molecule has 0 aliphatic carbocycles. The Hall–Kier alpha value is -3.97. The molecule has 0 unspecified atom stereocenters. The quantitative estimate of drug-likeness (QED) is 0.149. The predicted octanol–water partition coefficient (Wildman–Crippen LogP) is 5.66. The molecule has 1 N–H and O–H groups in total. The summed E-state index contributed by atoms with van der Waals surface area (Å²) in [6, 6.07) is 25.7. The van der Waals surface area contributed by atoms with E-state index in [1.165, 1.54) is 6.21 Å². The van der Waals surface area contributed by atoms with Gasteiger partial charge in [-0.25, -0.2) is 10.2 Å². The molecule has 0 radical (unpaired) electrons. The van der Waals surface area contributed by atoms with Gasteiger partial charge in [-0.2, -0.15) is 5.10 Å². The highest BCUT2D eigenvalue weighted by molar-refractivity contribution is 9.10. The van der Waals surface area contributed by atoms with Crippen LogP contribution in [0.15, 0.2) is 94.5 Å². The van der Waals surface area contributed by atoms with Gasteiger partial charge in [0.2, 0.25) is 0 Å². The third-order valence-electron chi connectivity index (χ3n) is 4.96. The van der Waals surface area contributed by atoms with Crippen molar-refractivity contribution in [2.75, 3.05) is 6.61 Å². The average Bonchev–Trinajstić information content (AvgIpc) is 2.84. The first-order valence-corrected chi connectivity index (χ1v) is 11.3. The van der Waals surface area contributed by atoms with Crippen LogP contribution in [0.2, 0.25) is 0 Å². The van der Waals surface area contributed by atoms with Crippen molar-refractivity contribution >= 4 is 44.8 Å². The van der Waals surface area contributed by atoms with E-state index in [4.69, 9.17) is 9.47 Å². The van der Waals surface area contributed by atoms with E-state index in [0.29, 0.717) is 22.6 Å². The second-order valence-electron chi connectivity index (χ2n) is 7.50. The molecule has 1 amide bonds. The molecule has 4 rings (SSSR count).